The molecule has 1 aliphatic heterocycles. The van der Waals surface area contributed by atoms with Crippen LogP contribution in [0.25, 0.3) is 0 Å². The van der Waals surface area contributed by atoms with Crippen LogP contribution in [0.3, 0.4) is 0 Å². The van der Waals surface area contributed by atoms with E-state index < -0.39 is 5.97 Å². The molecule has 6 nitrogen and oxygen atoms in total. The number of nitrogens with one attached hydrogen (secondary N) is 1. The van der Waals surface area contributed by atoms with Crippen LogP contribution in [-0.4, -0.2) is 46.3 Å². The summed E-state index contributed by atoms with van der Waals surface area (Å²) in [6, 6.07) is 4.24. The van der Waals surface area contributed by atoms with Crippen LogP contribution < -0.4 is 5.32 Å². The molecule has 2 unspecified atom stereocenters. The topological polar surface area (TPSA) is 89.9 Å². The lowest BCUT2D eigenvalue weighted by atomic mass is 9.97. The third-order valence-corrected chi connectivity index (χ3v) is 4.00. The van der Waals surface area contributed by atoms with E-state index in [1.54, 1.807) is 11.0 Å². The molecule has 1 saturated heterocycles. The Bertz CT molecular complexity index is 564. The number of urea groups is 1. The van der Waals surface area contributed by atoms with E-state index in [4.69, 9.17) is 5.11 Å². The van der Waals surface area contributed by atoms with Crippen LogP contribution in [0.5, 0.6) is 0 Å². The van der Waals surface area contributed by atoms with Crippen LogP contribution in [-0.2, 0) is 0 Å². The molecule has 3 N–H and O–H groups in total. The van der Waals surface area contributed by atoms with E-state index in [0.717, 1.165) is 0 Å². The molecule has 0 aromatic heterocycles. The van der Waals surface area contributed by atoms with E-state index in [-0.39, 0.29) is 23.6 Å². The van der Waals surface area contributed by atoms with Gasteiger partial charge in [-0.15, -0.1) is 0 Å². The first-order chi connectivity index (χ1) is 9.86. The number of aromatic carboxylic acids is 1. The number of halogens is 1. The van der Waals surface area contributed by atoms with E-state index in [9.17, 15) is 14.7 Å². The Morgan fingerprint density at radius 2 is 2.10 bits per heavy atom. The van der Waals surface area contributed by atoms with Crippen molar-refractivity contribution >= 4 is 33.6 Å². The van der Waals surface area contributed by atoms with Gasteiger partial charge in [0.05, 0.1) is 11.7 Å². The summed E-state index contributed by atoms with van der Waals surface area (Å²) in [5.41, 5.74) is 0.521. The number of carboxylic acid groups (broad SMARTS) is 1. The number of carbonyl (C=O) groups excluding carboxylic acids is 1. The molecule has 1 aliphatic rings. The summed E-state index contributed by atoms with van der Waals surface area (Å²) in [6.07, 6.45) is 0.173. The Labute approximate surface area is 130 Å². The number of aliphatic hydroxyl groups is 1. The number of aliphatic hydroxyl groups excluding tert-OH is 1. The van der Waals surface area contributed by atoms with Gasteiger partial charge in [-0.3, -0.25) is 0 Å². The number of hydrogen-bond acceptors (Lipinski definition) is 3. The van der Waals surface area contributed by atoms with Crippen molar-refractivity contribution in [1.29, 1.82) is 0 Å². The monoisotopic (exact) mass is 356 g/mol. The number of anilines is 1. The van der Waals surface area contributed by atoms with Crippen LogP contribution in [0, 0.1) is 5.92 Å². The first-order valence-electron chi connectivity index (χ1n) is 6.64. The minimum absolute atomic E-state index is 0.0293. The van der Waals surface area contributed by atoms with Gasteiger partial charge in [0.15, 0.2) is 0 Å². The van der Waals surface area contributed by atoms with E-state index in [1.807, 2.05) is 6.92 Å². The summed E-state index contributed by atoms with van der Waals surface area (Å²) in [4.78, 5) is 24.8. The number of piperidine rings is 1. The summed E-state index contributed by atoms with van der Waals surface area (Å²) in [7, 11) is 0. The molecule has 1 aromatic carbocycles. The van der Waals surface area contributed by atoms with Crippen molar-refractivity contribution in [3.05, 3.63) is 28.2 Å². The van der Waals surface area contributed by atoms with Crippen molar-refractivity contribution in [2.24, 2.45) is 5.92 Å². The molecule has 0 bridgehead atoms. The average molecular weight is 357 g/mol. The van der Waals surface area contributed by atoms with Crippen molar-refractivity contribution in [2.45, 2.75) is 19.4 Å². The first kappa shape index (κ1) is 15.8. The first-order valence-corrected chi connectivity index (χ1v) is 7.44. The van der Waals surface area contributed by atoms with Gasteiger partial charge in [0.25, 0.3) is 0 Å². The fourth-order valence-corrected chi connectivity index (χ4v) is 2.80. The van der Waals surface area contributed by atoms with E-state index in [0.29, 0.717) is 29.7 Å². The van der Waals surface area contributed by atoms with Gasteiger partial charge >= 0.3 is 12.0 Å². The quantitative estimate of drug-likeness (QED) is 0.758. The minimum Gasteiger partial charge on any atom is -0.478 e. The molecule has 1 aromatic rings. The largest absolute Gasteiger partial charge is 0.478 e. The van der Waals surface area contributed by atoms with Crippen LogP contribution >= 0.6 is 15.9 Å². The zero-order valence-corrected chi connectivity index (χ0v) is 13.1. The Balaban J connectivity index is 2.07. The maximum Gasteiger partial charge on any atom is 0.335 e. The Hall–Kier alpha value is -1.60. The highest BCUT2D eigenvalue weighted by atomic mass is 79.9. The smallest absolute Gasteiger partial charge is 0.335 e. The van der Waals surface area contributed by atoms with Crippen molar-refractivity contribution in [3.8, 4) is 0 Å². The number of amides is 2. The lowest BCUT2D eigenvalue weighted by Gasteiger charge is -2.34. The van der Waals surface area contributed by atoms with Gasteiger partial charge in [-0.05, 0) is 30.5 Å². The van der Waals surface area contributed by atoms with Crippen LogP contribution in [0.1, 0.15) is 23.7 Å². The molecule has 1 heterocycles. The van der Waals surface area contributed by atoms with Crippen LogP contribution in [0.15, 0.2) is 22.7 Å². The van der Waals surface area contributed by atoms with Gasteiger partial charge < -0.3 is 20.4 Å². The summed E-state index contributed by atoms with van der Waals surface area (Å²) in [5.74, 6) is -1.02. The molecule has 2 atom stereocenters. The van der Waals surface area contributed by atoms with E-state index in [1.165, 1.54) is 12.1 Å². The number of likely N-dealkylation sites (tertiary alicyclic amines) is 1. The third-order valence-electron chi connectivity index (χ3n) is 3.54. The molecule has 0 radical (unpaired) electrons. The van der Waals surface area contributed by atoms with Crippen molar-refractivity contribution in [1.82, 2.24) is 4.90 Å². The Morgan fingerprint density at radius 1 is 1.38 bits per heavy atom. The van der Waals surface area contributed by atoms with Crippen molar-refractivity contribution in [2.75, 3.05) is 18.4 Å². The molecule has 21 heavy (non-hydrogen) atoms. The lowest BCUT2D eigenvalue weighted by molar-refractivity contribution is 0.0505. The highest BCUT2D eigenvalue weighted by Crippen LogP contribution is 2.22. The molecule has 0 aliphatic carbocycles. The molecule has 7 heteroatoms. The van der Waals surface area contributed by atoms with E-state index in [2.05, 4.69) is 21.2 Å². The molecular weight excluding hydrogens is 340 g/mol. The lowest BCUT2D eigenvalue weighted by Crippen LogP contribution is -2.46. The second kappa shape index (κ2) is 6.44. The fraction of sp³-hybridized carbons (Fsp3) is 0.429. The van der Waals surface area contributed by atoms with Gasteiger partial charge in [-0.2, -0.15) is 0 Å². The fourth-order valence-electron chi connectivity index (χ4n) is 2.31. The third kappa shape index (κ3) is 3.95. The summed E-state index contributed by atoms with van der Waals surface area (Å²) < 4.78 is 0.583. The van der Waals surface area contributed by atoms with E-state index >= 15 is 0 Å². The maximum absolute atomic E-state index is 12.2. The normalized spacial score (nSPS) is 22.0. The average Bonchev–Trinajstić information content (AvgIpc) is 2.41. The highest BCUT2D eigenvalue weighted by Gasteiger charge is 2.27. The molecule has 0 spiro atoms. The number of carbonyl (C=O) groups is 2. The Morgan fingerprint density at radius 3 is 2.71 bits per heavy atom. The second-order valence-electron chi connectivity index (χ2n) is 5.24. The zero-order chi connectivity index (χ0) is 15.6. The summed E-state index contributed by atoms with van der Waals surface area (Å²) >= 11 is 3.22. The second-order valence-corrected chi connectivity index (χ2v) is 6.16. The molecule has 0 saturated carbocycles. The highest BCUT2D eigenvalue weighted by molar-refractivity contribution is 9.10. The number of carboxylic acids is 1. The maximum atomic E-state index is 12.2. The van der Waals surface area contributed by atoms with Crippen molar-refractivity contribution in [3.63, 3.8) is 0 Å². The van der Waals surface area contributed by atoms with Gasteiger partial charge in [0.2, 0.25) is 0 Å². The number of nitrogens with zero attached hydrogens (tertiary/aromatic N) is 1. The van der Waals surface area contributed by atoms with Gasteiger partial charge in [-0.1, -0.05) is 22.9 Å². The van der Waals surface area contributed by atoms with Crippen LogP contribution in [0.4, 0.5) is 10.5 Å². The zero-order valence-electron chi connectivity index (χ0n) is 11.5. The van der Waals surface area contributed by atoms with Gasteiger partial charge in [0, 0.05) is 23.2 Å². The minimum atomic E-state index is -1.05. The van der Waals surface area contributed by atoms with Crippen molar-refractivity contribution < 1.29 is 19.8 Å². The molecule has 114 valence electrons. The SMILES string of the molecule is CC1CN(C(=O)Nc2cc(Br)cc(C(=O)O)c2)CCC1O. The summed E-state index contributed by atoms with van der Waals surface area (Å²) in [6.45, 7) is 2.86. The number of rotatable bonds is 2. The number of benzene rings is 1. The summed E-state index contributed by atoms with van der Waals surface area (Å²) in [5, 5.41) is 21.4. The standard InChI is InChI=1S/C14H17BrN2O4/c1-8-7-17(3-2-12(8)18)14(21)16-11-5-9(13(19)20)4-10(15)6-11/h4-6,8,12,18H,2-3,7H2,1H3,(H,16,21)(H,19,20). The Kier molecular flexibility index (Phi) is 4.84. The predicted molar refractivity (Wildman–Crippen MR) is 81.5 cm³/mol. The molecular formula is C14H17BrN2O4. The number of hydrogen-bond donors (Lipinski definition) is 3. The van der Waals surface area contributed by atoms with Gasteiger partial charge in [-0.25, -0.2) is 9.59 Å². The molecule has 1 fully saturated rings. The van der Waals surface area contributed by atoms with Gasteiger partial charge in [0.1, 0.15) is 0 Å². The molecule has 2 amide bonds. The molecule has 2 rings (SSSR count). The predicted octanol–water partition coefficient (Wildman–Crippen LogP) is 2.38. The van der Waals surface area contributed by atoms with Crippen LogP contribution in [0.2, 0.25) is 0 Å².